The van der Waals surface area contributed by atoms with Gasteiger partial charge in [0.15, 0.2) is 0 Å². The average molecular weight is 243 g/mol. The molecule has 1 aliphatic rings. The Morgan fingerprint density at radius 2 is 2.06 bits per heavy atom. The number of hydrogen-bond donors (Lipinski definition) is 2. The summed E-state index contributed by atoms with van der Waals surface area (Å²) in [6.45, 7) is 0.573. The summed E-state index contributed by atoms with van der Waals surface area (Å²) in [6.07, 6.45) is 2.97. The van der Waals surface area contributed by atoms with E-state index < -0.39 is 0 Å². The van der Waals surface area contributed by atoms with E-state index in [1.165, 1.54) is 0 Å². The maximum Gasteiger partial charge on any atom is 0.230 e. The topological polar surface area (TPSA) is 78.9 Å². The summed E-state index contributed by atoms with van der Waals surface area (Å²) in [7, 11) is 0. The number of amides is 1. The van der Waals surface area contributed by atoms with Gasteiger partial charge in [-0.15, -0.1) is 0 Å². The Bertz CT molecular complexity index is 469. The molecule has 18 heavy (non-hydrogen) atoms. The second-order valence-corrected chi connectivity index (χ2v) is 4.72. The van der Waals surface area contributed by atoms with E-state index in [2.05, 4.69) is 11.4 Å². The van der Waals surface area contributed by atoms with Crippen LogP contribution in [-0.2, 0) is 10.2 Å². The Morgan fingerprint density at radius 3 is 2.61 bits per heavy atom. The van der Waals surface area contributed by atoms with Crippen LogP contribution in [0.15, 0.2) is 24.3 Å². The largest absolute Gasteiger partial charge is 0.399 e. The van der Waals surface area contributed by atoms with E-state index in [4.69, 9.17) is 11.0 Å². The number of benzene rings is 1. The van der Waals surface area contributed by atoms with E-state index in [-0.39, 0.29) is 11.3 Å². The molecule has 0 heterocycles. The highest BCUT2D eigenvalue weighted by molar-refractivity contribution is 5.91. The molecule has 4 heteroatoms. The number of nitrogens with zero attached hydrogens (tertiary/aromatic N) is 1. The van der Waals surface area contributed by atoms with Crippen molar-refractivity contribution in [3.05, 3.63) is 29.8 Å². The molecule has 1 aromatic carbocycles. The third-order valence-electron chi connectivity index (χ3n) is 3.40. The lowest BCUT2D eigenvalue weighted by Crippen LogP contribution is -2.35. The Morgan fingerprint density at radius 1 is 1.39 bits per heavy atom. The molecule has 0 aliphatic heterocycles. The molecule has 0 atom stereocenters. The molecule has 0 aromatic heterocycles. The Hall–Kier alpha value is -2.02. The minimum absolute atomic E-state index is 0.0743. The van der Waals surface area contributed by atoms with E-state index in [0.717, 1.165) is 18.4 Å². The number of nitriles is 1. The molecular formula is C14H17N3O. The molecule has 2 rings (SSSR count). The number of anilines is 1. The molecule has 1 fully saturated rings. The maximum atomic E-state index is 12.2. The number of hydrogen-bond acceptors (Lipinski definition) is 3. The smallest absolute Gasteiger partial charge is 0.230 e. The van der Waals surface area contributed by atoms with Crippen molar-refractivity contribution in [1.82, 2.24) is 5.32 Å². The van der Waals surface area contributed by atoms with Crippen molar-refractivity contribution in [3.8, 4) is 6.07 Å². The first kappa shape index (κ1) is 12.4. The Labute approximate surface area is 107 Å². The summed E-state index contributed by atoms with van der Waals surface area (Å²) in [5, 5.41) is 11.3. The van der Waals surface area contributed by atoms with Crippen molar-refractivity contribution >= 4 is 11.6 Å². The highest BCUT2D eigenvalue weighted by Gasteiger charge is 2.50. The first-order valence-electron chi connectivity index (χ1n) is 6.20. The van der Waals surface area contributed by atoms with E-state index in [0.29, 0.717) is 25.1 Å². The van der Waals surface area contributed by atoms with Gasteiger partial charge in [0.25, 0.3) is 0 Å². The van der Waals surface area contributed by atoms with Crippen LogP contribution in [0.4, 0.5) is 5.69 Å². The van der Waals surface area contributed by atoms with E-state index in [1.807, 2.05) is 24.3 Å². The van der Waals surface area contributed by atoms with Gasteiger partial charge in [-0.05, 0) is 37.0 Å². The van der Waals surface area contributed by atoms with Crippen molar-refractivity contribution in [2.75, 3.05) is 12.3 Å². The van der Waals surface area contributed by atoms with Crippen LogP contribution in [0.3, 0.4) is 0 Å². The van der Waals surface area contributed by atoms with Gasteiger partial charge in [0, 0.05) is 18.7 Å². The second kappa shape index (κ2) is 5.09. The number of carbonyl (C=O) groups is 1. The molecule has 3 N–H and O–H groups in total. The van der Waals surface area contributed by atoms with Gasteiger partial charge in [-0.3, -0.25) is 4.79 Å². The maximum absolute atomic E-state index is 12.2. The van der Waals surface area contributed by atoms with E-state index >= 15 is 0 Å². The zero-order chi connectivity index (χ0) is 13.0. The normalized spacial score (nSPS) is 15.7. The zero-order valence-corrected chi connectivity index (χ0v) is 10.3. The highest BCUT2D eigenvalue weighted by atomic mass is 16.2. The van der Waals surface area contributed by atoms with Gasteiger partial charge >= 0.3 is 0 Å². The summed E-state index contributed by atoms with van der Waals surface area (Å²) >= 11 is 0. The molecule has 94 valence electrons. The summed E-state index contributed by atoms with van der Waals surface area (Å²) in [6, 6.07) is 9.59. The molecule has 0 radical (unpaired) electrons. The van der Waals surface area contributed by atoms with Crippen molar-refractivity contribution in [2.45, 2.75) is 31.1 Å². The lowest BCUT2D eigenvalue weighted by Gasteiger charge is -2.15. The van der Waals surface area contributed by atoms with E-state index in [1.54, 1.807) is 0 Å². The number of nitrogen functional groups attached to an aromatic ring is 1. The number of nitrogens with two attached hydrogens (primary N) is 1. The van der Waals surface area contributed by atoms with Crippen LogP contribution in [0.25, 0.3) is 0 Å². The standard InChI is InChI=1S/C14H17N3O/c15-9-1-2-10-17-13(18)14(7-8-14)11-3-5-12(16)6-4-11/h3-6H,1-2,7-8,10,16H2,(H,17,18). The SMILES string of the molecule is N#CCCCNC(=O)C1(c2ccc(N)cc2)CC1. The van der Waals surface area contributed by atoms with Crippen LogP contribution < -0.4 is 11.1 Å². The Kier molecular flexibility index (Phi) is 3.52. The summed E-state index contributed by atoms with van der Waals surface area (Å²) in [4.78, 5) is 12.2. The average Bonchev–Trinajstić information content (AvgIpc) is 3.17. The summed E-state index contributed by atoms with van der Waals surface area (Å²) < 4.78 is 0. The third kappa shape index (κ3) is 2.45. The van der Waals surface area contributed by atoms with Gasteiger partial charge < -0.3 is 11.1 Å². The summed E-state index contributed by atoms with van der Waals surface area (Å²) in [5.41, 5.74) is 7.05. The second-order valence-electron chi connectivity index (χ2n) is 4.72. The minimum atomic E-state index is -0.347. The van der Waals surface area contributed by atoms with Gasteiger partial charge in [0.05, 0.1) is 11.5 Å². The molecule has 0 saturated heterocycles. The molecule has 0 bridgehead atoms. The van der Waals surface area contributed by atoms with Crippen LogP contribution in [0.5, 0.6) is 0 Å². The number of carbonyl (C=O) groups excluding carboxylic acids is 1. The van der Waals surface area contributed by atoms with Crippen molar-refractivity contribution < 1.29 is 4.79 Å². The molecular weight excluding hydrogens is 226 g/mol. The monoisotopic (exact) mass is 243 g/mol. The quantitative estimate of drug-likeness (QED) is 0.610. The first-order valence-corrected chi connectivity index (χ1v) is 6.20. The van der Waals surface area contributed by atoms with Gasteiger partial charge in [-0.1, -0.05) is 12.1 Å². The first-order chi connectivity index (χ1) is 8.69. The molecule has 1 saturated carbocycles. The predicted molar refractivity (Wildman–Crippen MR) is 69.6 cm³/mol. The van der Waals surface area contributed by atoms with Crippen LogP contribution in [0.2, 0.25) is 0 Å². The lowest BCUT2D eigenvalue weighted by atomic mass is 9.94. The van der Waals surface area contributed by atoms with Crippen molar-refractivity contribution in [2.24, 2.45) is 0 Å². The molecule has 4 nitrogen and oxygen atoms in total. The van der Waals surface area contributed by atoms with E-state index in [9.17, 15) is 4.79 Å². The molecule has 1 aliphatic carbocycles. The Balaban J connectivity index is 1.97. The van der Waals surface area contributed by atoms with Crippen molar-refractivity contribution in [1.29, 1.82) is 5.26 Å². The highest BCUT2D eigenvalue weighted by Crippen LogP contribution is 2.48. The predicted octanol–water partition coefficient (Wildman–Crippen LogP) is 1.72. The molecule has 1 aromatic rings. The van der Waals surface area contributed by atoms with Gasteiger partial charge in [0.2, 0.25) is 5.91 Å². The third-order valence-corrected chi connectivity index (χ3v) is 3.40. The molecule has 0 spiro atoms. The zero-order valence-electron chi connectivity index (χ0n) is 10.3. The molecule has 0 unspecified atom stereocenters. The summed E-state index contributed by atoms with van der Waals surface area (Å²) in [5.74, 6) is 0.0743. The fourth-order valence-corrected chi connectivity index (χ4v) is 2.11. The van der Waals surface area contributed by atoms with Crippen LogP contribution in [0.1, 0.15) is 31.2 Å². The minimum Gasteiger partial charge on any atom is -0.399 e. The molecule has 1 amide bonds. The number of nitrogens with one attached hydrogen (secondary N) is 1. The fourth-order valence-electron chi connectivity index (χ4n) is 2.11. The number of unbranched alkanes of at least 4 members (excludes halogenated alkanes) is 1. The van der Waals surface area contributed by atoms with Crippen molar-refractivity contribution in [3.63, 3.8) is 0 Å². The van der Waals surface area contributed by atoms with Gasteiger partial charge in [0.1, 0.15) is 0 Å². The van der Waals surface area contributed by atoms with Crippen LogP contribution in [-0.4, -0.2) is 12.5 Å². The van der Waals surface area contributed by atoms with Crippen LogP contribution in [0, 0.1) is 11.3 Å². The van der Waals surface area contributed by atoms with Gasteiger partial charge in [-0.2, -0.15) is 5.26 Å². The lowest BCUT2D eigenvalue weighted by molar-refractivity contribution is -0.123. The fraction of sp³-hybridized carbons (Fsp3) is 0.429. The van der Waals surface area contributed by atoms with Crippen LogP contribution >= 0.6 is 0 Å². The number of rotatable bonds is 5. The van der Waals surface area contributed by atoms with Gasteiger partial charge in [-0.25, -0.2) is 0 Å².